The summed E-state index contributed by atoms with van der Waals surface area (Å²) in [5.41, 5.74) is 2.10. The zero-order valence-corrected chi connectivity index (χ0v) is 13.5. The number of halogens is 3. The Morgan fingerprint density at radius 2 is 1.50 bits per heavy atom. The fraction of sp³-hybridized carbons (Fsp3) is 0.0500. The summed E-state index contributed by atoms with van der Waals surface area (Å²) in [6.07, 6.45) is -2.50. The van der Waals surface area contributed by atoms with Crippen LogP contribution in [0.15, 0.2) is 79.0 Å². The molecule has 0 aliphatic carbocycles. The number of imidazole rings is 1. The molecular weight excluding hydrogens is 339 g/mol. The summed E-state index contributed by atoms with van der Waals surface area (Å²) < 4.78 is 40.3. The van der Waals surface area contributed by atoms with E-state index < -0.39 is 11.7 Å². The van der Waals surface area contributed by atoms with Gasteiger partial charge in [-0.3, -0.25) is 4.40 Å². The molecule has 0 aliphatic heterocycles. The number of rotatable bonds is 3. The van der Waals surface area contributed by atoms with Crippen LogP contribution < -0.4 is 5.32 Å². The lowest BCUT2D eigenvalue weighted by Gasteiger charge is -2.10. The molecule has 0 bridgehead atoms. The standard InChI is InChI=1S/C20H14F3N3/c21-20(22,23)15-11-9-14(10-12-15)18-19(24-16-6-2-1-3-7-16)26-13-5-4-8-17(26)25-18/h1-13,24H. The molecule has 0 saturated carbocycles. The monoisotopic (exact) mass is 353 g/mol. The topological polar surface area (TPSA) is 29.3 Å². The van der Waals surface area contributed by atoms with Crippen molar-refractivity contribution in [1.82, 2.24) is 9.38 Å². The molecule has 1 N–H and O–H groups in total. The van der Waals surface area contributed by atoms with Crippen LogP contribution in [0.4, 0.5) is 24.7 Å². The number of benzene rings is 2. The first-order valence-corrected chi connectivity index (χ1v) is 7.99. The number of fused-ring (bicyclic) bond motifs is 1. The van der Waals surface area contributed by atoms with Gasteiger partial charge < -0.3 is 5.32 Å². The highest BCUT2D eigenvalue weighted by Crippen LogP contribution is 2.34. The molecule has 6 heteroatoms. The maximum Gasteiger partial charge on any atom is 0.416 e. The number of pyridine rings is 1. The van der Waals surface area contributed by atoms with Gasteiger partial charge in [0.25, 0.3) is 0 Å². The van der Waals surface area contributed by atoms with Crippen molar-refractivity contribution in [3.63, 3.8) is 0 Å². The molecule has 0 unspecified atom stereocenters. The van der Waals surface area contributed by atoms with Crippen molar-refractivity contribution in [1.29, 1.82) is 0 Å². The largest absolute Gasteiger partial charge is 0.416 e. The maximum absolute atomic E-state index is 12.8. The van der Waals surface area contributed by atoms with Gasteiger partial charge in [-0.25, -0.2) is 4.98 Å². The van der Waals surface area contributed by atoms with Crippen molar-refractivity contribution < 1.29 is 13.2 Å². The van der Waals surface area contributed by atoms with Crippen LogP contribution in [0.5, 0.6) is 0 Å². The van der Waals surface area contributed by atoms with Gasteiger partial charge in [0.1, 0.15) is 17.2 Å². The van der Waals surface area contributed by atoms with E-state index in [2.05, 4.69) is 10.3 Å². The minimum Gasteiger partial charge on any atom is -0.339 e. The number of aromatic nitrogens is 2. The number of nitrogens with one attached hydrogen (secondary N) is 1. The van der Waals surface area contributed by atoms with Crippen molar-refractivity contribution in [2.45, 2.75) is 6.18 Å². The van der Waals surface area contributed by atoms with Crippen LogP contribution in [-0.4, -0.2) is 9.38 Å². The van der Waals surface area contributed by atoms with Crippen LogP contribution in [0.25, 0.3) is 16.9 Å². The summed E-state index contributed by atoms with van der Waals surface area (Å²) in [5, 5.41) is 3.32. The van der Waals surface area contributed by atoms with Gasteiger partial charge in [-0.1, -0.05) is 36.4 Å². The van der Waals surface area contributed by atoms with Crippen molar-refractivity contribution in [2.24, 2.45) is 0 Å². The first-order valence-electron chi connectivity index (χ1n) is 7.99. The Kier molecular flexibility index (Phi) is 3.88. The van der Waals surface area contributed by atoms with Crippen LogP contribution in [-0.2, 0) is 6.18 Å². The molecule has 130 valence electrons. The van der Waals surface area contributed by atoms with Crippen LogP contribution >= 0.6 is 0 Å². The number of anilines is 2. The first kappa shape index (κ1) is 16.2. The molecule has 26 heavy (non-hydrogen) atoms. The van der Waals surface area contributed by atoms with E-state index in [0.29, 0.717) is 22.7 Å². The van der Waals surface area contributed by atoms with Crippen molar-refractivity contribution in [3.8, 4) is 11.3 Å². The van der Waals surface area contributed by atoms with Gasteiger partial charge >= 0.3 is 6.18 Å². The summed E-state index contributed by atoms with van der Waals surface area (Å²) in [4.78, 5) is 4.59. The average molecular weight is 353 g/mol. The molecule has 0 spiro atoms. The van der Waals surface area contributed by atoms with E-state index in [-0.39, 0.29) is 0 Å². The maximum atomic E-state index is 12.8. The van der Waals surface area contributed by atoms with E-state index >= 15 is 0 Å². The van der Waals surface area contributed by atoms with Crippen molar-refractivity contribution in [2.75, 3.05) is 5.32 Å². The molecule has 3 nitrogen and oxygen atoms in total. The van der Waals surface area contributed by atoms with Gasteiger partial charge in [-0.2, -0.15) is 13.2 Å². The van der Waals surface area contributed by atoms with Gasteiger partial charge in [-0.15, -0.1) is 0 Å². The van der Waals surface area contributed by atoms with Crippen LogP contribution in [0.3, 0.4) is 0 Å². The molecule has 0 aliphatic rings. The number of alkyl halides is 3. The Balaban J connectivity index is 1.83. The lowest BCUT2D eigenvalue weighted by Crippen LogP contribution is -2.04. The lowest BCUT2D eigenvalue weighted by atomic mass is 10.1. The molecule has 0 fully saturated rings. The smallest absolute Gasteiger partial charge is 0.339 e. The summed E-state index contributed by atoms with van der Waals surface area (Å²) in [6, 6.07) is 20.2. The predicted octanol–water partition coefficient (Wildman–Crippen LogP) is 5.76. The normalized spacial score (nSPS) is 11.7. The van der Waals surface area contributed by atoms with E-state index in [1.807, 2.05) is 59.1 Å². The molecule has 0 saturated heterocycles. The van der Waals surface area contributed by atoms with E-state index in [0.717, 1.165) is 17.8 Å². The van der Waals surface area contributed by atoms with Crippen LogP contribution in [0.2, 0.25) is 0 Å². The van der Waals surface area contributed by atoms with Crippen LogP contribution in [0, 0.1) is 0 Å². The lowest BCUT2D eigenvalue weighted by molar-refractivity contribution is -0.137. The van der Waals surface area contributed by atoms with E-state index in [1.165, 1.54) is 12.1 Å². The first-order chi connectivity index (χ1) is 12.5. The Morgan fingerprint density at radius 3 is 2.19 bits per heavy atom. The zero-order valence-electron chi connectivity index (χ0n) is 13.5. The molecule has 0 amide bonds. The molecule has 2 heterocycles. The molecule has 0 atom stereocenters. The molecular formula is C20H14F3N3. The summed E-state index contributed by atoms with van der Waals surface area (Å²) in [5.74, 6) is 0.701. The van der Waals surface area contributed by atoms with Crippen molar-refractivity contribution >= 4 is 17.2 Å². The molecule has 0 radical (unpaired) electrons. The number of hydrogen-bond acceptors (Lipinski definition) is 2. The number of hydrogen-bond donors (Lipinski definition) is 1. The minimum atomic E-state index is -4.36. The van der Waals surface area contributed by atoms with Gasteiger partial charge in [-0.05, 0) is 36.4 Å². The summed E-state index contributed by atoms with van der Waals surface area (Å²) >= 11 is 0. The second-order valence-corrected chi connectivity index (χ2v) is 5.80. The third kappa shape index (κ3) is 3.01. The zero-order chi connectivity index (χ0) is 18.1. The van der Waals surface area contributed by atoms with Crippen LogP contribution in [0.1, 0.15) is 5.56 Å². The van der Waals surface area contributed by atoms with E-state index in [1.54, 1.807) is 0 Å². The molecule has 4 rings (SSSR count). The van der Waals surface area contributed by atoms with E-state index in [9.17, 15) is 13.2 Å². The fourth-order valence-corrected chi connectivity index (χ4v) is 2.79. The number of para-hydroxylation sites is 1. The highest BCUT2D eigenvalue weighted by molar-refractivity contribution is 5.79. The third-order valence-electron chi connectivity index (χ3n) is 4.05. The highest BCUT2D eigenvalue weighted by atomic mass is 19.4. The average Bonchev–Trinajstić information content (AvgIpc) is 3.01. The summed E-state index contributed by atoms with van der Waals surface area (Å²) in [6.45, 7) is 0. The van der Waals surface area contributed by atoms with E-state index in [4.69, 9.17) is 0 Å². The van der Waals surface area contributed by atoms with Crippen molar-refractivity contribution in [3.05, 3.63) is 84.6 Å². The molecule has 2 aromatic carbocycles. The van der Waals surface area contributed by atoms with Gasteiger partial charge in [0.05, 0.1) is 5.56 Å². The van der Waals surface area contributed by atoms with Gasteiger partial charge in [0, 0.05) is 17.4 Å². The second kappa shape index (κ2) is 6.22. The Bertz CT molecular complexity index is 1040. The Hall–Kier alpha value is -3.28. The SMILES string of the molecule is FC(F)(F)c1ccc(-c2nc3ccccn3c2Nc2ccccc2)cc1. The quantitative estimate of drug-likeness (QED) is 0.507. The molecule has 2 aromatic heterocycles. The highest BCUT2D eigenvalue weighted by Gasteiger charge is 2.30. The Labute approximate surface area is 147 Å². The van der Waals surface area contributed by atoms with Gasteiger partial charge in [0.15, 0.2) is 0 Å². The third-order valence-corrected chi connectivity index (χ3v) is 4.05. The minimum absolute atomic E-state index is 0.591. The van der Waals surface area contributed by atoms with Gasteiger partial charge in [0.2, 0.25) is 0 Å². The Morgan fingerprint density at radius 1 is 0.808 bits per heavy atom. The number of nitrogens with zero attached hydrogens (tertiary/aromatic N) is 2. The predicted molar refractivity (Wildman–Crippen MR) is 95.4 cm³/mol. The fourth-order valence-electron chi connectivity index (χ4n) is 2.79. The molecule has 4 aromatic rings. The second-order valence-electron chi connectivity index (χ2n) is 5.80. The summed E-state index contributed by atoms with van der Waals surface area (Å²) in [7, 11) is 0.